The molecule has 1 saturated heterocycles. The van der Waals surface area contributed by atoms with Crippen LogP contribution in [0.2, 0.25) is 0 Å². The second kappa shape index (κ2) is 9.88. The van der Waals surface area contributed by atoms with Gasteiger partial charge in [0.05, 0.1) is 17.5 Å². The Balaban J connectivity index is 1.43. The fourth-order valence-corrected chi connectivity index (χ4v) is 4.56. The standard InChI is InChI=1S/C27H26FN5O4/c1-3-31-16-19(26(35)30-25-17(2)6-4-8-29-25)24(34)18-14-20(28)22(15-21(18)31)32-9-11-33(12-10-32)27(36)23-7-5-13-37-23/h4-8,13-16H,3,9-12H2,1-2H3,(H,29,30,35). The molecule has 0 aliphatic carbocycles. The summed E-state index contributed by atoms with van der Waals surface area (Å²) >= 11 is 0. The highest BCUT2D eigenvalue weighted by Crippen LogP contribution is 2.27. The van der Waals surface area contributed by atoms with Gasteiger partial charge in [-0.3, -0.25) is 14.4 Å². The Kier molecular flexibility index (Phi) is 6.47. The van der Waals surface area contributed by atoms with E-state index in [9.17, 15) is 14.4 Å². The zero-order chi connectivity index (χ0) is 26.1. The Morgan fingerprint density at radius 2 is 1.92 bits per heavy atom. The summed E-state index contributed by atoms with van der Waals surface area (Å²) in [5.74, 6) is -0.722. The molecule has 0 saturated carbocycles. The number of rotatable bonds is 5. The van der Waals surface area contributed by atoms with Crippen LogP contribution in [-0.4, -0.2) is 52.4 Å². The lowest BCUT2D eigenvalue weighted by Gasteiger charge is -2.36. The van der Waals surface area contributed by atoms with Gasteiger partial charge in [0.15, 0.2) is 5.76 Å². The summed E-state index contributed by atoms with van der Waals surface area (Å²) in [5.41, 5.74) is 1.000. The number of hydrogen-bond acceptors (Lipinski definition) is 6. The van der Waals surface area contributed by atoms with Crippen molar-refractivity contribution in [3.05, 3.63) is 88.0 Å². The first-order valence-corrected chi connectivity index (χ1v) is 12.0. The van der Waals surface area contributed by atoms with Crippen LogP contribution in [0.1, 0.15) is 33.4 Å². The van der Waals surface area contributed by atoms with E-state index in [-0.39, 0.29) is 22.6 Å². The van der Waals surface area contributed by atoms with E-state index < -0.39 is 17.2 Å². The molecule has 190 valence electrons. The molecule has 4 aromatic rings. The maximum absolute atomic E-state index is 15.3. The van der Waals surface area contributed by atoms with Gasteiger partial charge in [0.2, 0.25) is 5.43 Å². The van der Waals surface area contributed by atoms with Crippen molar-refractivity contribution in [3.8, 4) is 0 Å². The van der Waals surface area contributed by atoms with Crippen LogP contribution < -0.4 is 15.6 Å². The van der Waals surface area contributed by atoms with E-state index >= 15 is 4.39 Å². The summed E-state index contributed by atoms with van der Waals surface area (Å²) in [6.45, 7) is 5.82. The smallest absolute Gasteiger partial charge is 0.289 e. The van der Waals surface area contributed by atoms with Crippen LogP contribution in [0.5, 0.6) is 0 Å². The molecular weight excluding hydrogens is 477 g/mol. The molecular formula is C27H26FN5O4. The minimum Gasteiger partial charge on any atom is -0.459 e. The number of fused-ring (bicyclic) bond motifs is 1. The van der Waals surface area contributed by atoms with Crippen molar-refractivity contribution in [2.75, 3.05) is 36.4 Å². The summed E-state index contributed by atoms with van der Waals surface area (Å²) in [5, 5.41) is 2.81. The lowest BCUT2D eigenvalue weighted by Crippen LogP contribution is -2.49. The maximum Gasteiger partial charge on any atom is 0.289 e. The number of pyridine rings is 2. The summed E-state index contributed by atoms with van der Waals surface area (Å²) in [6, 6.07) is 9.68. The van der Waals surface area contributed by atoms with Crippen LogP contribution >= 0.6 is 0 Å². The van der Waals surface area contributed by atoms with E-state index in [1.54, 1.807) is 52.9 Å². The van der Waals surface area contributed by atoms with Gasteiger partial charge in [-0.15, -0.1) is 0 Å². The van der Waals surface area contributed by atoms with Crippen LogP contribution in [0.3, 0.4) is 0 Å². The van der Waals surface area contributed by atoms with Gasteiger partial charge >= 0.3 is 0 Å². The number of piperazine rings is 1. The van der Waals surface area contributed by atoms with Crippen LogP contribution in [0.4, 0.5) is 15.9 Å². The number of anilines is 2. The number of hydrogen-bond donors (Lipinski definition) is 1. The molecule has 3 aromatic heterocycles. The molecule has 1 aliphatic heterocycles. The Labute approximate surface area is 212 Å². The molecule has 1 fully saturated rings. The lowest BCUT2D eigenvalue weighted by molar-refractivity contribution is 0.0714. The average molecular weight is 504 g/mol. The number of aryl methyl sites for hydroxylation is 2. The molecule has 1 aliphatic rings. The number of benzene rings is 1. The number of carbonyl (C=O) groups is 2. The predicted octanol–water partition coefficient (Wildman–Crippen LogP) is 3.67. The molecule has 2 amide bonds. The highest BCUT2D eigenvalue weighted by molar-refractivity contribution is 6.05. The first-order valence-electron chi connectivity index (χ1n) is 12.0. The molecule has 9 nitrogen and oxygen atoms in total. The van der Waals surface area contributed by atoms with E-state index in [4.69, 9.17) is 4.42 Å². The molecule has 10 heteroatoms. The summed E-state index contributed by atoms with van der Waals surface area (Å²) in [7, 11) is 0. The van der Waals surface area contributed by atoms with Crippen molar-refractivity contribution in [1.29, 1.82) is 0 Å². The number of nitrogens with zero attached hydrogens (tertiary/aromatic N) is 4. The van der Waals surface area contributed by atoms with E-state index in [1.165, 1.54) is 18.5 Å². The number of carbonyl (C=O) groups excluding carboxylic acids is 2. The molecule has 1 aromatic carbocycles. The number of amides is 2. The Hall–Kier alpha value is -4.47. The lowest BCUT2D eigenvalue weighted by atomic mass is 10.1. The second-order valence-corrected chi connectivity index (χ2v) is 8.86. The number of furan rings is 1. The molecule has 0 unspecified atom stereocenters. The summed E-state index contributed by atoms with van der Waals surface area (Å²) in [4.78, 5) is 46.5. The maximum atomic E-state index is 15.3. The van der Waals surface area contributed by atoms with Crippen LogP contribution in [0.15, 0.2) is 64.3 Å². The van der Waals surface area contributed by atoms with E-state index in [0.29, 0.717) is 49.7 Å². The van der Waals surface area contributed by atoms with Crippen molar-refractivity contribution >= 4 is 34.2 Å². The molecule has 4 heterocycles. The number of aromatic nitrogens is 2. The molecule has 5 rings (SSSR count). The first-order chi connectivity index (χ1) is 17.9. The van der Waals surface area contributed by atoms with Crippen molar-refractivity contribution < 1.29 is 18.4 Å². The number of nitrogens with one attached hydrogen (secondary N) is 1. The van der Waals surface area contributed by atoms with Crippen LogP contribution in [0.25, 0.3) is 10.9 Å². The highest BCUT2D eigenvalue weighted by atomic mass is 19.1. The molecule has 0 atom stereocenters. The third-order valence-electron chi connectivity index (χ3n) is 6.61. The van der Waals surface area contributed by atoms with Gasteiger partial charge in [0, 0.05) is 50.5 Å². The van der Waals surface area contributed by atoms with Gasteiger partial charge in [-0.2, -0.15) is 0 Å². The fraction of sp³-hybridized carbons (Fsp3) is 0.259. The zero-order valence-electron chi connectivity index (χ0n) is 20.5. The van der Waals surface area contributed by atoms with E-state index in [2.05, 4.69) is 10.3 Å². The molecule has 37 heavy (non-hydrogen) atoms. The second-order valence-electron chi connectivity index (χ2n) is 8.86. The van der Waals surface area contributed by atoms with Crippen LogP contribution in [0, 0.1) is 12.7 Å². The minimum atomic E-state index is -0.599. The number of halogens is 1. The molecule has 0 bridgehead atoms. The predicted molar refractivity (Wildman–Crippen MR) is 138 cm³/mol. The van der Waals surface area contributed by atoms with Crippen molar-refractivity contribution in [3.63, 3.8) is 0 Å². The monoisotopic (exact) mass is 503 g/mol. The van der Waals surface area contributed by atoms with Gasteiger partial charge in [-0.25, -0.2) is 9.37 Å². The third-order valence-corrected chi connectivity index (χ3v) is 6.61. The SMILES string of the molecule is CCn1cc(C(=O)Nc2ncccc2C)c(=O)c2cc(F)c(N3CCN(C(=O)c4ccco4)CC3)cc21. The summed E-state index contributed by atoms with van der Waals surface area (Å²) < 4.78 is 22.3. The van der Waals surface area contributed by atoms with Gasteiger partial charge < -0.3 is 24.1 Å². The summed E-state index contributed by atoms with van der Waals surface area (Å²) in [6.07, 6.45) is 4.51. The van der Waals surface area contributed by atoms with Crippen molar-refractivity contribution in [2.24, 2.45) is 0 Å². The molecule has 0 spiro atoms. The third kappa shape index (κ3) is 4.57. The van der Waals surface area contributed by atoms with Gasteiger partial charge in [0.1, 0.15) is 17.2 Å². The van der Waals surface area contributed by atoms with Crippen molar-refractivity contribution in [2.45, 2.75) is 20.4 Å². The van der Waals surface area contributed by atoms with Gasteiger partial charge in [-0.05, 0) is 49.7 Å². The van der Waals surface area contributed by atoms with E-state index in [0.717, 1.165) is 5.56 Å². The van der Waals surface area contributed by atoms with Gasteiger partial charge in [0.25, 0.3) is 11.8 Å². The Bertz CT molecular complexity index is 1540. The van der Waals surface area contributed by atoms with Gasteiger partial charge in [-0.1, -0.05) is 6.07 Å². The minimum absolute atomic E-state index is 0.0865. The van der Waals surface area contributed by atoms with Crippen molar-refractivity contribution in [1.82, 2.24) is 14.5 Å². The zero-order valence-corrected chi connectivity index (χ0v) is 20.5. The topological polar surface area (TPSA) is 101 Å². The molecule has 0 radical (unpaired) electrons. The molecule has 1 N–H and O–H groups in total. The normalized spacial score (nSPS) is 13.7. The fourth-order valence-electron chi connectivity index (χ4n) is 4.56. The first kappa shape index (κ1) is 24.2. The Morgan fingerprint density at radius 3 is 2.59 bits per heavy atom. The highest BCUT2D eigenvalue weighted by Gasteiger charge is 2.26. The average Bonchev–Trinajstić information content (AvgIpc) is 3.45. The quantitative estimate of drug-likeness (QED) is 0.446. The van der Waals surface area contributed by atoms with E-state index in [1.807, 2.05) is 11.8 Å². The Morgan fingerprint density at radius 1 is 1.14 bits per heavy atom. The van der Waals surface area contributed by atoms with Crippen LogP contribution in [-0.2, 0) is 6.54 Å². The largest absolute Gasteiger partial charge is 0.459 e.